The van der Waals surface area contributed by atoms with Crippen LogP contribution in [0.2, 0.25) is 5.02 Å². The van der Waals surface area contributed by atoms with Gasteiger partial charge in [0.15, 0.2) is 5.13 Å². The molecule has 2 aliphatic rings. The van der Waals surface area contributed by atoms with Crippen molar-refractivity contribution in [3.63, 3.8) is 0 Å². The summed E-state index contributed by atoms with van der Waals surface area (Å²) in [7, 11) is 0. The molecule has 1 fully saturated rings. The molecule has 184 valence electrons. The van der Waals surface area contributed by atoms with E-state index < -0.39 is 0 Å². The van der Waals surface area contributed by atoms with Gasteiger partial charge < -0.3 is 10.1 Å². The summed E-state index contributed by atoms with van der Waals surface area (Å²) in [5, 5.41) is 4.48. The third kappa shape index (κ3) is 6.12. The normalized spacial score (nSPS) is 18.2. The second-order valence-corrected chi connectivity index (χ2v) is 11.1. The zero-order chi connectivity index (χ0) is 24.2. The van der Waals surface area contributed by atoms with Crippen molar-refractivity contribution in [2.45, 2.75) is 77.3 Å². The highest BCUT2D eigenvalue weighted by molar-refractivity contribution is 7.15. The van der Waals surface area contributed by atoms with E-state index in [1.54, 1.807) is 11.3 Å². The fourth-order valence-corrected chi connectivity index (χ4v) is 6.26. The first kappa shape index (κ1) is 24.4. The number of amides is 1. The highest BCUT2D eigenvalue weighted by Crippen LogP contribution is 2.41. The van der Waals surface area contributed by atoms with Gasteiger partial charge in [0.25, 0.3) is 0 Å². The van der Waals surface area contributed by atoms with Gasteiger partial charge in [0, 0.05) is 23.0 Å². The van der Waals surface area contributed by atoms with Crippen LogP contribution in [0.25, 0.3) is 0 Å². The number of carbonyl (C=O) groups is 1. The van der Waals surface area contributed by atoms with Crippen molar-refractivity contribution in [3.05, 3.63) is 80.8 Å². The Kier molecular flexibility index (Phi) is 7.83. The van der Waals surface area contributed by atoms with E-state index in [1.807, 2.05) is 24.3 Å². The van der Waals surface area contributed by atoms with Crippen molar-refractivity contribution in [1.82, 2.24) is 9.88 Å². The smallest absolute Gasteiger partial charge is 0.230 e. The fraction of sp³-hybridized carbons (Fsp3) is 0.429. The summed E-state index contributed by atoms with van der Waals surface area (Å²) in [6.45, 7) is 4.56. The quantitative estimate of drug-likeness (QED) is 0.340. The molecule has 0 spiro atoms. The van der Waals surface area contributed by atoms with Crippen molar-refractivity contribution < 1.29 is 9.53 Å². The number of fused-ring (bicyclic) bond motifs is 1. The van der Waals surface area contributed by atoms with Crippen LogP contribution in [0.4, 0.5) is 5.13 Å². The minimum absolute atomic E-state index is 0.0292. The lowest BCUT2D eigenvalue weighted by Crippen LogP contribution is -2.22. The molecule has 2 aromatic carbocycles. The predicted octanol–water partition coefficient (Wildman–Crippen LogP) is 6.90. The molecule has 1 aromatic heterocycles. The fourth-order valence-electron chi connectivity index (χ4n) is 5.07. The topological polar surface area (TPSA) is 54.5 Å². The SMILES string of the molecule is CC[C@H]1c2nc(NC(=O)Cc3ccc(COC4CCCC4)cc3)sc2CN1Cc1ccc(Cl)cc1. The maximum absolute atomic E-state index is 12.7. The number of carbonyl (C=O) groups excluding carboxylic acids is 1. The maximum Gasteiger partial charge on any atom is 0.230 e. The van der Waals surface area contributed by atoms with Gasteiger partial charge in [-0.1, -0.05) is 67.8 Å². The van der Waals surface area contributed by atoms with Crippen LogP contribution in [0, 0.1) is 0 Å². The first-order chi connectivity index (χ1) is 17.1. The lowest BCUT2D eigenvalue weighted by atomic mass is 10.1. The highest BCUT2D eigenvalue weighted by atomic mass is 35.5. The predicted molar refractivity (Wildman–Crippen MR) is 142 cm³/mol. The van der Waals surface area contributed by atoms with Gasteiger partial charge in [-0.05, 0) is 48.1 Å². The minimum Gasteiger partial charge on any atom is -0.374 e. The van der Waals surface area contributed by atoms with E-state index in [4.69, 9.17) is 21.3 Å². The average molecular weight is 510 g/mol. The van der Waals surface area contributed by atoms with Crippen molar-refractivity contribution in [2.75, 3.05) is 5.32 Å². The Balaban J connectivity index is 1.14. The number of halogens is 1. The standard InChI is InChI=1S/C28H32ClN3O2S/c1-2-24-27-25(17-32(24)16-20-11-13-22(29)14-12-20)35-28(31-27)30-26(33)15-19-7-9-21(10-8-19)18-34-23-5-3-4-6-23/h7-14,23-24H,2-6,15-18H2,1H3,(H,30,31,33)/t24-/m0/s1. The second kappa shape index (κ2) is 11.2. The molecule has 2 heterocycles. The molecule has 5 nitrogen and oxygen atoms in total. The summed E-state index contributed by atoms with van der Waals surface area (Å²) in [4.78, 5) is 21.2. The number of hydrogen-bond donors (Lipinski definition) is 1. The molecule has 1 saturated carbocycles. The maximum atomic E-state index is 12.7. The number of benzene rings is 2. The first-order valence-corrected chi connectivity index (χ1v) is 13.7. The molecule has 1 amide bonds. The van der Waals surface area contributed by atoms with Crippen molar-refractivity contribution >= 4 is 34.0 Å². The minimum atomic E-state index is -0.0292. The van der Waals surface area contributed by atoms with Gasteiger partial charge in [-0.3, -0.25) is 9.69 Å². The van der Waals surface area contributed by atoms with Crippen LogP contribution in [0.5, 0.6) is 0 Å². The molecule has 3 aromatic rings. The summed E-state index contributed by atoms with van der Waals surface area (Å²) in [5.41, 5.74) is 4.50. The molecule has 0 bridgehead atoms. The van der Waals surface area contributed by atoms with Crippen LogP contribution in [-0.4, -0.2) is 21.9 Å². The summed E-state index contributed by atoms with van der Waals surface area (Å²) < 4.78 is 5.99. The van der Waals surface area contributed by atoms with Crippen molar-refractivity contribution in [2.24, 2.45) is 0 Å². The molecule has 1 aliphatic carbocycles. The number of rotatable bonds is 9. The van der Waals surface area contributed by atoms with Gasteiger partial charge in [-0.25, -0.2) is 4.98 Å². The first-order valence-electron chi connectivity index (χ1n) is 12.5. The molecule has 1 N–H and O–H groups in total. The van der Waals surface area contributed by atoms with Crippen LogP contribution in [0.1, 0.15) is 72.3 Å². The van der Waals surface area contributed by atoms with E-state index in [1.165, 1.54) is 36.1 Å². The van der Waals surface area contributed by atoms with E-state index in [9.17, 15) is 4.79 Å². The Morgan fingerprint density at radius 1 is 1.09 bits per heavy atom. The van der Waals surface area contributed by atoms with Crippen LogP contribution < -0.4 is 5.32 Å². The summed E-state index contributed by atoms with van der Waals surface area (Å²) >= 11 is 7.63. The van der Waals surface area contributed by atoms with Crippen LogP contribution in [0.15, 0.2) is 48.5 Å². The molecular formula is C28H32ClN3O2S. The van der Waals surface area contributed by atoms with Crippen LogP contribution in [0.3, 0.4) is 0 Å². The van der Waals surface area contributed by atoms with Crippen LogP contribution >= 0.6 is 22.9 Å². The van der Waals surface area contributed by atoms with Crippen LogP contribution in [-0.2, 0) is 35.6 Å². The molecule has 0 saturated heterocycles. The molecule has 5 rings (SSSR count). The van der Waals surface area contributed by atoms with Crippen molar-refractivity contribution in [1.29, 1.82) is 0 Å². The number of anilines is 1. The van der Waals surface area contributed by atoms with Gasteiger partial charge >= 0.3 is 0 Å². The number of nitrogens with zero attached hydrogens (tertiary/aromatic N) is 2. The van der Waals surface area contributed by atoms with Gasteiger partial charge in [0.2, 0.25) is 5.91 Å². The summed E-state index contributed by atoms with van der Waals surface area (Å²) in [6, 6.07) is 16.5. The van der Waals surface area contributed by atoms with E-state index in [-0.39, 0.29) is 11.9 Å². The molecule has 0 unspecified atom stereocenters. The Morgan fingerprint density at radius 3 is 2.49 bits per heavy atom. The lowest BCUT2D eigenvalue weighted by Gasteiger charge is -2.23. The molecule has 7 heteroatoms. The summed E-state index contributed by atoms with van der Waals surface area (Å²) in [5.74, 6) is -0.0292. The number of hydrogen-bond acceptors (Lipinski definition) is 5. The summed E-state index contributed by atoms with van der Waals surface area (Å²) in [6.07, 6.45) is 6.65. The van der Waals surface area contributed by atoms with E-state index in [2.05, 4.69) is 41.4 Å². The Bertz CT molecular complexity index is 1140. The number of nitrogens with one attached hydrogen (secondary N) is 1. The molecule has 0 radical (unpaired) electrons. The van der Waals surface area contributed by atoms with E-state index >= 15 is 0 Å². The average Bonchev–Trinajstić information content (AvgIpc) is 3.57. The Hall–Kier alpha value is -2.25. The Morgan fingerprint density at radius 2 is 1.77 bits per heavy atom. The molecule has 35 heavy (non-hydrogen) atoms. The van der Waals surface area contributed by atoms with E-state index in [0.717, 1.165) is 41.4 Å². The zero-order valence-corrected chi connectivity index (χ0v) is 21.7. The molecule has 1 aliphatic heterocycles. The largest absolute Gasteiger partial charge is 0.374 e. The number of ether oxygens (including phenoxy) is 1. The Labute approximate surface area is 216 Å². The van der Waals surface area contributed by atoms with E-state index in [0.29, 0.717) is 24.3 Å². The molecular weight excluding hydrogens is 478 g/mol. The number of aromatic nitrogens is 1. The highest BCUT2D eigenvalue weighted by Gasteiger charge is 2.33. The van der Waals surface area contributed by atoms with Crippen molar-refractivity contribution in [3.8, 4) is 0 Å². The monoisotopic (exact) mass is 509 g/mol. The van der Waals surface area contributed by atoms with Gasteiger partial charge in [0.05, 0.1) is 30.9 Å². The second-order valence-electron chi connectivity index (χ2n) is 9.54. The lowest BCUT2D eigenvalue weighted by molar-refractivity contribution is -0.115. The van der Waals surface area contributed by atoms with Gasteiger partial charge in [-0.15, -0.1) is 11.3 Å². The van der Waals surface area contributed by atoms with Gasteiger partial charge in [0.1, 0.15) is 0 Å². The zero-order valence-electron chi connectivity index (χ0n) is 20.1. The third-order valence-corrected chi connectivity index (χ3v) is 8.16. The number of thiazole rings is 1. The third-order valence-electron chi connectivity index (χ3n) is 6.94. The molecule has 1 atom stereocenters. The van der Waals surface area contributed by atoms with Gasteiger partial charge in [-0.2, -0.15) is 0 Å².